The van der Waals surface area contributed by atoms with E-state index in [1.54, 1.807) is 32.9 Å². The molecule has 2 saturated heterocycles. The molecule has 1 atom stereocenters. The van der Waals surface area contributed by atoms with Gasteiger partial charge in [-0.1, -0.05) is 0 Å². The first-order chi connectivity index (χ1) is 15.4. The third kappa shape index (κ3) is 4.52. The Hall–Kier alpha value is -3.20. The molecule has 0 spiro atoms. The zero-order valence-corrected chi connectivity index (χ0v) is 19.0. The van der Waals surface area contributed by atoms with Crippen molar-refractivity contribution in [2.24, 2.45) is 0 Å². The highest BCUT2D eigenvalue weighted by molar-refractivity contribution is 7.13. The highest BCUT2D eigenvalue weighted by atomic mass is 32.1. The lowest BCUT2D eigenvalue weighted by atomic mass is 10.1. The van der Waals surface area contributed by atoms with E-state index >= 15 is 0 Å². The summed E-state index contributed by atoms with van der Waals surface area (Å²) in [7, 11) is 0. The van der Waals surface area contributed by atoms with Gasteiger partial charge in [0.25, 0.3) is 11.8 Å². The van der Waals surface area contributed by atoms with Gasteiger partial charge < -0.3 is 20.0 Å². The molecular formula is C23H26N4O4S. The van der Waals surface area contributed by atoms with Crippen LogP contribution in [0, 0.1) is 13.8 Å². The quantitative estimate of drug-likeness (QED) is 0.698. The Labute approximate surface area is 190 Å². The number of nitrogens with one attached hydrogen (secondary N) is 1. The number of carbonyl (C=O) groups excluding carboxylic acids is 4. The van der Waals surface area contributed by atoms with Crippen molar-refractivity contribution in [1.82, 2.24) is 15.1 Å². The summed E-state index contributed by atoms with van der Waals surface area (Å²) in [4.78, 5) is 55.6. The van der Waals surface area contributed by atoms with E-state index in [-0.39, 0.29) is 30.2 Å². The van der Waals surface area contributed by atoms with Crippen LogP contribution in [-0.4, -0.2) is 72.7 Å². The number of carbonyl (C=O) groups is 4. The van der Waals surface area contributed by atoms with Crippen LogP contribution in [0.1, 0.15) is 36.9 Å². The highest BCUT2D eigenvalue weighted by Crippen LogP contribution is 2.26. The van der Waals surface area contributed by atoms with Crippen LogP contribution in [0.15, 0.2) is 30.3 Å². The Balaban J connectivity index is 1.41. The summed E-state index contributed by atoms with van der Waals surface area (Å²) in [6, 6.07) is 8.83. The first-order valence-electron chi connectivity index (χ1n) is 10.6. The van der Waals surface area contributed by atoms with Crippen LogP contribution >= 0.6 is 11.3 Å². The Morgan fingerprint density at radius 2 is 1.84 bits per heavy atom. The molecule has 1 aromatic carbocycles. The van der Waals surface area contributed by atoms with Crippen molar-refractivity contribution < 1.29 is 19.2 Å². The van der Waals surface area contributed by atoms with Gasteiger partial charge in [0, 0.05) is 55.3 Å². The number of nitrogens with zero attached hydrogens (tertiary/aromatic N) is 3. The zero-order valence-electron chi connectivity index (χ0n) is 18.2. The molecule has 168 valence electrons. The Morgan fingerprint density at radius 3 is 2.47 bits per heavy atom. The average Bonchev–Trinajstić information content (AvgIpc) is 3.38. The predicted octanol–water partition coefficient (Wildman–Crippen LogP) is 1.81. The molecule has 1 aromatic heterocycles. The third-order valence-corrected chi connectivity index (χ3v) is 6.93. The molecule has 4 rings (SSSR count). The number of hydrogen-bond acceptors (Lipinski definition) is 5. The van der Waals surface area contributed by atoms with Crippen LogP contribution in [0.3, 0.4) is 0 Å². The zero-order chi connectivity index (χ0) is 22.8. The normalized spacial score (nSPS) is 18.8. The van der Waals surface area contributed by atoms with Gasteiger partial charge in [-0.25, -0.2) is 0 Å². The Kier molecular flexibility index (Phi) is 6.27. The standard InChI is InChI=1S/C23H26N4O4S/c1-15-11-18(4-5-19(15)23(31)26-9-7-25(14-28)8-10-26)27-13-17(12-21(27)29)24-22(30)20-6-3-16(2)32-20/h3-6,11,14,17H,7-10,12-13H2,1-2H3,(H,24,30). The van der Waals surface area contributed by atoms with Crippen molar-refractivity contribution in [1.29, 1.82) is 0 Å². The number of aryl methyl sites for hydroxylation is 2. The summed E-state index contributed by atoms with van der Waals surface area (Å²) in [6.07, 6.45) is 1.06. The van der Waals surface area contributed by atoms with Crippen LogP contribution in [0.4, 0.5) is 5.69 Å². The molecule has 0 aliphatic carbocycles. The number of rotatable bonds is 5. The summed E-state index contributed by atoms with van der Waals surface area (Å²) in [5.41, 5.74) is 2.11. The molecule has 32 heavy (non-hydrogen) atoms. The lowest BCUT2D eigenvalue weighted by molar-refractivity contribution is -0.119. The second-order valence-corrected chi connectivity index (χ2v) is 9.51. The first kappa shape index (κ1) is 22.0. The van der Waals surface area contributed by atoms with Crippen LogP contribution in [0.25, 0.3) is 0 Å². The third-order valence-electron chi connectivity index (χ3n) is 5.93. The fourth-order valence-corrected chi connectivity index (χ4v) is 4.89. The molecule has 0 bridgehead atoms. The number of hydrogen-bond donors (Lipinski definition) is 1. The minimum atomic E-state index is -0.256. The summed E-state index contributed by atoms with van der Waals surface area (Å²) in [5.74, 6) is -0.278. The van der Waals surface area contributed by atoms with Gasteiger partial charge in [0.05, 0.1) is 10.9 Å². The average molecular weight is 455 g/mol. The number of anilines is 1. The van der Waals surface area contributed by atoms with Crippen LogP contribution < -0.4 is 10.2 Å². The van der Waals surface area contributed by atoms with Crippen molar-refractivity contribution >= 4 is 41.2 Å². The molecule has 8 nitrogen and oxygen atoms in total. The van der Waals surface area contributed by atoms with Gasteiger partial charge in [0.2, 0.25) is 12.3 Å². The largest absolute Gasteiger partial charge is 0.346 e. The number of amides is 4. The summed E-state index contributed by atoms with van der Waals surface area (Å²) >= 11 is 1.43. The van der Waals surface area contributed by atoms with E-state index in [0.29, 0.717) is 43.2 Å². The minimum Gasteiger partial charge on any atom is -0.346 e. The van der Waals surface area contributed by atoms with Crippen molar-refractivity contribution in [3.8, 4) is 0 Å². The number of thiophene rings is 1. The second kappa shape index (κ2) is 9.12. The van der Waals surface area contributed by atoms with Crippen molar-refractivity contribution in [2.75, 3.05) is 37.6 Å². The van der Waals surface area contributed by atoms with Crippen molar-refractivity contribution in [3.63, 3.8) is 0 Å². The molecule has 1 N–H and O–H groups in total. The smallest absolute Gasteiger partial charge is 0.261 e. The van der Waals surface area contributed by atoms with Gasteiger partial charge >= 0.3 is 0 Å². The van der Waals surface area contributed by atoms with Crippen molar-refractivity contribution in [2.45, 2.75) is 26.3 Å². The number of benzene rings is 1. The molecule has 2 fully saturated rings. The topological polar surface area (TPSA) is 90.0 Å². The van der Waals surface area contributed by atoms with Gasteiger partial charge in [0.1, 0.15) is 0 Å². The van der Waals surface area contributed by atoms with Crippen molar-refractivity contribution in [3.05, 3.63) is 51.2 Å². The SMILES string of the molecule is Cc1ccc(C(=O)NC2CC(=O)N(c3ccc(C(=O)N4CCN(C=O)CC4)c(C)c3)C2)s1. The van der Waals surface area contributed by atoms with Gasteiger partial charge in [-0.05, 0) is 49.7 Å². The lowest BCUT2D eigenvalue weighted by Crippen LogP contribution is -2.48. The lowest BCUT2D eigenvalue weighted by Gasteiger charge is -2.33. The maximum atomic E-state index is 12.9. The molecule has 0 saturated carbocycles. The minimum absolute atomic E-state index is 0.0545. The fraction of sp³-hybridized carbons (Fsp3) is 0.391. The molecule has 0 radical (unpaired) electrons. The first-order valence-corrected chi connectivity index (χ1v) is 11.4. The van der Waals surface area contributed by atoms with Gasteiger partial charge in [-0.15, -0.1) is 11.3 Å². The summed E-state index contributed by atoms with van der Waals surface area (Å²) in [6.45, 7) is 6.29. The van der Waals surface area contributed by atoms with Gasteiger partial charge in [-0.3, -0.25) is 19.2 Å². The van der Waals surface area contributed by atoms with Crippen LogP contribution in [-0.2, 0) is 9.59 Å². The Morgan fingerprint density at radius 1 is 1.09 bits per heavy atom. The second-order valence-electron chi connectivity index (χ2n) is 8.22. The molecule has 2 aliphatic heterocycles. The maximum Gasteiger partial charge on any atom is 0.261 e. The maximum absolute atomic E-state index is 12.9. The fourth-order valence-electron chi connectivity index (χ4n) is 4.12. The van der Waals surface area contributed by atoms with Gasteiger partial charge in [-0.2, -0.15) is 0 Å². The molecule has 2 aromatic rings. The summed E-state index contributed by atoms with van der Waals surface area (Å²) in [5, 5.41) is 2.95. The van der Waals surface area contributed by atoms with E-state index in [1.807, 2.05) is 26.0 Å². The van der Waals surface area contributed by atoms with E-state index in [1.165, 1.54) is 11.3 Å². The van der Waals surface area contributed by atoms with Crippen LogP contribution in [0.5, 0.6) is 0 Å². The van der Waals surface area contributed by atoms with E-state index in [4.69, 9.17) is 0 Å². The van der Waals surface area contributed by atoms with Gasteiger partial charge in [0.15, 0.2) is 0 Å². The molecular weight excluding hydrogens is 428 g/mol. The monoisotopic (exact) mass is 454 g/mol. The summed E-state index contributed by atoms with van der Waals surface area (Å²) < 4.78 is 0. The van der Waals surface area contributed by atoms with E-state index in [0.717, 1.165) is 22.5 Å². The molecule has 1 unspecified atom stereocenters. The van der Waals surface area contributed by atoms with E-state index in [2.05, 4.69) is 5.32 Å². The molecule has 3 heterocycles. The Bertz CT molecular complexity index is 1060. The molecule has 9 heteroatoms. The van der Waals surface area contributed by atoms with Crippen LogP contribution in [0.2, 0.25) is 0 Å². The molecule has 2 aliphatic rings. The highest BCUT2D eigenvalue weighted by Gasteiger charge is 2.32. The number of piperazine rings is 1. The molecule has 4 amide bonds. The van der Waals surface area contributed by atoms with E-state index in [9.17, 15) is 19.2 Å². The van der Waals surface area contributed by atoms with E-state index < -0.39 is 0 Å². The predicted molar refractivity (Wildman–Crippen MR) is 122 cm³/mol.